The molecule has 0 atom stereocenters. The van der Waals surface area contributed by atoms with E-state index >= 15 is 0 Å². The van der Waals surface area contributed by atoms with Gasteiger partial charge in [-0.1, -0.05) is 59.9 Å². The number of ether oxygens (including phenoxy) is 1. The highest BCUT2D eigenvalue weighted by Crippen LogP contribution is 2.42. The minimum Gasteiger partial charge on any atom is -0.458 e. The Bertz CT molecular complexity index is 799. The Kier molecular flexibility index (Phi) is 10.7. The first-order valence-electron chi connectivity index (χ1n) is 12.7. The molecule has 1 aliphatic carbocycles. The van der Waals surface area contributed by atoms with Gasteiger partial charge in [0.15, 0.2) is 0 Å². The summed E-state index contributed by atoms with van der Waals surface area (Å²) in [6.45, 7) is 14.5. The van der Waals surface area contributed by atoms with Crippen LogP contribution >= 0.6 is 0 Å². The molecule has 0 saturated heterocycles. The Morgan fingerprint density at radius 1 is 0.938 bits per heavy atom. The zero-order chi connectivity index (χ0) is 23.6. The molecule has 0 spiro atoms. The molecule has 0 fully saturated rings. The number of rotatable bonds is 12. The van der Waals surface area contributed by atoms with Gasteiger partial charge < -0.3 is 4.74 Å². The summed E-state index contributed by atoms with van der Waals surface area (Å²) >= 11 is 0. The van der Waals surface area contributed by atoms with Crippen LogP contribution in [0.4, 0.5) is 0 Å². The van der Waals surface area contributed by atoms with Gasteiger partial charge in [0.1, 0.15) is 6.61 Å². The summed E-state index contributed by atoms with van der Waals surface area (Å²) in [7, 11) is 0. The highest BCUT2D eigenvalue weighted by atomic mass is 16.5. The van der Waals surface area contributed by atoms with E-state index in [0.717, 1.165) is 44.1 Å². The lowest BCUT2D eigenvalue weighted by atomic mass is 9.71. The summed E-state index contributed by atoms with van der Waals surface area (Å²) in [5, 5.41) is 0. The van der Waals surface area contributed by atoms with Gasteiger partial charge in [0.2, 0.25) is 0 Å². The van der Waals surface area contributed by atoms with Crippen LogP contribution in [0.1, 0.15) is 112 Å². The van der Waals surface area contributed by atoms with Crippen LogP contribution < -0.4 is 0 Å². The van der Waals surface area contributed by atoms with Crippen molar-refractivity contribution in [2.75, 3.05) is 6.61 Å². The molecule has 0 aromatic rings. The van der Waals surface area contributed by atoms with Crippen LogP contribution in [-0.4, -0.2) is 12.6 Å². The Hall–Kier alpha value is -1.83. The number of allylic oxidation sites excluding steroid dienone is 8. The largest absolute Gasteiger partial charge is 0.458 e. The number of hydrogen-bond acceptors (Lipinski definition) is 2. The van der Waals surface area contributed by atoms with Crippen LogP contribution in [-0.2, 0) is 9.53 Å². The van der Waals surface area contributed by atoms with Crippen molar-refractivity contribution in [2.24, 2.45) is 5.41 Å². The van der Waals surface area contributed by atoms with Gasteiger partial charge in [-0.25, -0.2) is 4.79 Å². The van der Waals surface area contributed by atoms with Crippen LogP contribution in [0.15, 0.2) is 57.7 Å². The fraction of sp³-hybridized carbons (Fsp3) is 0.633. The van der Waals surface area contributed by atoms with Gasteiger partial charge in [0.05, 0.1) is 0 Å². The standard InChI is InChI=1S/C30H46O2/c1-23(11-7-12-24(2)15-9-17-27-21-29(31)32-22-27)13-8-14-25(3)18-19-28-26(4)16-10-20-30(28,5)6/h11,14-15,21H,7-10,12-13,16-20,22H2,1-6H3/b23-11+,24-15+,25-14+. The normalized spacial score (nSPS) is 20.0. The third-order valence-electron chi connectivity index (χ3n) is 7.20. The molecule has 1 aliphatic heterocycles. The molecule has 32 heavy (non-hydrogen) atoms. The Labute approximate surface area is 197 Å². The van der Waals surface area contributed by atoms with E-state index in [2.05, 4.69) is 59.8 Å². The van der Waals surface area contributed by atoms with Gasteiger partial charge in [0, 0.05) is 6.08 Å². The second kappa shape index (κ2) is 13.0. The third-order valence-corrected chi connectivity index (χ3v) is 7.20. The molecule has 2 heteroatoms. The van der Waals surface area contributed by atoms with E-state index in [0.29, 0.717) is 12.0 Å². The summed E-state index contributed by atoms with van der Waals surface area (Å²) in [4.78, 5) is 11.1. The first-order chi connectivity index (χ1) is 15.2. The molecule has 178 valence electrons. The van der Waals surface area contributed by atoms with Crippen molar-refractivity contribution in [2.45, 2.75) is 112 Å². The van der Waals surface area contributed by atoms with E-state index in [-0.39, 0.29) is 5.97 Å². The lowest BCUT2D eigenvalue weighted by Gasteiger charge is -2.35. The van der Waals surface area contributed by atoms with Gasteiger partial charge in [0.25, 0.3) is 0 Å². The van der Waals surface area contributed by atoms with E-state index in [1.54, 1.807) is 22.8 Å². The molecule has 1 heterocycles. The second-order valence-electron chi connectivity index (χ2n) is 10.7. The van der Waals surface area contributed by atoms with Gasteiger partial charge in [-0.2, -0.15) is 0 Å². The lowest BCUT2D eigenvalue weighted by Crippen LogP contribution is -2.20. The number of carbonyl (C=O) groups excluding carboxylic acids is 1. The van der Waals surface area contributed by atoms with Crippen molar-refractivity contribution >= 4 is 5.97 Å². The Balaban J connectivity index is 1.65. The van der Waals surface area contributed by atoms with E-state index < -0.39 is 0 Å². The maximum atomic E-state index is 11.1. The van der Waals surface area contributed by atoms with Crippen molar-refractivity contribution in [3.63, 3.8) is 0 Å². The molecule has 0 aromatic heterocycles. The molecular weight excluding hydrogens is 392 g/mol. The molecule has 2 nitrogen and oxygen atoms in total. The first kappa shape index (κ1) is 26.4. The summed E-state index contributed by atoms with van der Waals surface area (Å²) in [6.07, 6.45) is 21.7. The zero-order valence-electron chi connectivity index (χ0n) is 21.6. The van der Waals surface area contributed by atoms with Crippen molar-refractivity contribution in [3.05, 3.63) is 57.7 Å². The fourth-order valence-corrected chi connectivity index (χ4v) is 5.01. The minimum atomic E-state index is -0.188. The average Bonchev–Trinajstić information content (AvgIpc) is 3.12. The second-order valence-corrected chi connectivity index (χ2v) is 10.7. The number of esters is 1. The van der Waals surface area contributed by atoms with Crippen LogP contribution in [0, 0.1) is 5.41 Å². The summed E-state index contributed by atoms with van der Waals surface area (Å²) in [6, 6.07) is 0. The quantitative estimate of drug-likeness (QED) is 0.224. The van der Waals surface area contributed by atoms with Crippen molar-refractivity contribution in [3.8, 4) is 0 Å². The molecule has 0 N–H and O–H groups in total. The van der Waals surface area contributed by atoms with Crippen molar-refractivity contribution < 1.29 is 9.53 Å². The highest BCUT2D eigenvalue weighted by molar-refractivity contribution is 5.85. The summed E-state index contributed by atoms with van der Waals surface area (Å²) < 4.78 is 4.95. The molecule has 0 unspecified atom stereocenters. The summed E-state index contributed by atoms with van der Waals surface area (Å²) in [5.41, 5.74) is 9.37. The topological polar surface area (TPSA) is 26.3 Å². The zero-order valence-corrected chi connectivity index (χ0v) is 21.6. The van der Waals surface area contributed by atoms with Crippen LogP contribution in [0.3, 0.4) is 0 Å². The molecule has 0 bridgehead atoms. The van der Waals surface area contributed by atoms with E-state index in [1.165, 1.54) is 43.3 Å². The third kappa shape index (κ3) is 9.35. The van der Waals surface area contributed by atoms with Gasteiger partial charge in [-0.15, -0.1) is 0 Å². The molecule has 0 aromatic carbocycles. The Morgan fingerprint density at radius 2 is 1.53 bits per heavy atom. The average molecular weight is 439 g/mol. The maximum absolute atomic E-state index is 11.1. The van der Waals surface area contributed by atoms with Crippen LogP contribution in [0.25, 0.3) is 0 Å². The molecule has 2 rings (SSSR count). The van der Waals surface area contributed by atoms with Crippen LogP contribution in [0.5, 0.6) is 0 Å². The highest BCUT2D eigenvalue weighted by Gasteiger charge is 2.27. The fourth-order valence-electron chi connectivity index (χ4n) is 5.01. The summed E-state index contributed by atoms with van der Waals surface area (Å²) in [5.74, 6) is -0.188. The molecule has 2 aliphatic rings. The van der Waals surface area contributed by atoms with Gasteiger partial charge in [-0.05, 0) is 109 Å². The predicted octanol–water partition coefficient (Wildman–Crippen LogP) is 8.96. The van der Waals surface area contributed by atoms with E-state index in [4.69, 9.17) is 4.74 Å². The molecule has 0 saturated carbocycles. The maximum Gasteiger partial charge on any atom is 0.331 e. The molecule has 0 radical (unpaired) electrons. The monoisotopic (exact) mass is 438 g/mol. The Morgan fingerprint density at radius 3 is 2.09 bits per heavy atom. The van der Waals surface area contributed by atoms with Crippen molar-refractivity contribution in [1.82, 2.24) is 0 Å². The van der Waals surface area contributed by atoms with E-state index in [1.807, 2.05) is 0 Å². The van der Waals surface area contributed by atoms with Crippen LogP contribution in [0.2, 0.25) is 0 Å². The predicted molar refractivity (Wildman–Crippen MR) is 138 cm³/mol. The first-order valence-corrected chi connectivity index (χ1v) is 12.7. The van der Waals surface area contributed by atoms with Gasteiger partial charge in [-0.3, -0.25) is 0 Å². The number of cyclic esters (lactones) is 1. The minimum absolute atomic E-state index is 0.188. The molecular formula is C30H46O2. The van der Waals surface area contributed by atoms with Crippen molar-refractivity contribution in [1.29, 1.82) is 0 Å². The smallest absolute Gasteiger partial charge is 0.331 e. The number of carbonyl (C=O) groups is 1. The lowest BCUT2D eigenvalue weighted by molar-refractivity contribution is -0.134. The van der Waals surface area contributed by atoms with E-state index in [9.17, 15) is 4.79 Å². The molecule has 0 amide bonds. The number of hydrogen-bond donors (Lipinski definition) is 0. The van der Waals surface area contributed by atoms with Gasteiger partial charge >= 0.3 is 5.97 Å². The SMILES string of the molecule is CC1=C(CC/C(C)=C/CC/C(C)=C/CC/C(C)=C/CCC2=CC(=O)OC2)C(C)(C)CCC1.